The molecule has 25 heavy (non-hydrogen) atoms. The first kappa shape index (κ1) is 16.7. The van der Waals surface area contributed by atoms with E-state index in [1.807, 2.05) is 0 Å². The van der Waals surface area contributed by atoms with Crippen molar-refractivity contribution < 1.29 is 23.9 Å². The van der Waals surface area contributed by atoms with Gasteiger partial charge in [-0.25, -0.2) is 4.79 Å². The van der Waals surface area contributed by atoms with Gasteiger partial charge in [-0.1, -0.05) is 24.3 Å². The first-order valence-electron chi connectivity index (χ1n) is 7.79. The molecule has 1 aliphatic rings. The maximum atomic E-state index is 12.4. The fourth-order valence-corrected chi connectivity index (χ4v) is 2.70. The van der Waals surface area contributed by atoms with Gasteiger partial charge < -0.3 is 9.47 Å². The molecule has 0 spiro atoms. The second-order valence-electron chi connectivity index (χ2n) is 5.66. The van der Waals surface area contributed by atoms with Crippen molar-refractivity contribution in [3.05, 3.63) is 65.2 Å². The van der Waals surface area contributed by atoms with Crippen LogP contribution in [-0.4, -0.2) is 35.8 Å². The molecule has 1 atom stereocenters. The number of nitrogens with zero attached hydrogens (tertiary/aromatic N) is 1. The molecule has 0 aliphatic carbocycles. The lowest BCUT2D eigenvalue weighted by Gasteiger charge is -2.21. The van der Waals surface area contributed by atoms with Gasteiger partial charge in [-0.15, -0.1) is 0 Å². The van der Waals surface area contributed by atoms with Crippen molar-refractivity contribution in [1.29, 1.82) is 0 Å². The van der Waals surface area contributed by atoms with Gasteiger partial charge in [0.2, 0.25) is 0 Å². The van der Waals surface area contributed by atoms with Crippen LogP contribution in [0.5, 0.6) is 5.75 Å². The Labute approximate surface area is 145 Å². The summed E-state index contributed by atoms with van der Waals surface area (Å²) in [5.41, 5.74) is 1.36. The zero-order valence-corrected chi connectivity index (χ0v) is 13.9. The number of hydrogen-bond acceptors (Lipinski definition) is 5. The van der Waals surface area contributed by atoms with Crippen LogP contribution in [0.25, 0.3) is 0 Å². The van der Waals surface area contributed by atoms with Crippen molar-refractivity contribution in [2.24, 2.45) is 0 Å². The van der Waals surface area contributed by atoms with E-state index in [2.05, 4.69) is 0 Å². The van der Waals surface area contributed by atoms with E-state index >= 15 is 0 Å². The molecule has 0 saturated carbocycles. The van der Waals surface area contributed by atoms with Crippen LogP contribution in [0.2, 0.25) is 0 Å². The number of fused-ring (bicyclic) bond motifs is 1. The third kappa shape index (κ3) is 3.10. The molecule has 0 bridgehead atoms. The summed E-state index contributed by atoms with van der Waals surface area (Å²) in [6.45, 7) is 1.51. The van der Waals surface area contributed by atoms with Crippen LogP contribution in [0.3, 0.4) is 0 Å². The molecule has 0 aromatic heterocycles. The zero-order valence-electron chi connectivity index (χ0n) is 13.9. The number of hydrogen-bond donors (Lipinski definition) is 0. The summed E-state index contributed by atoms with van der Waals surface area (Å²) >= 11 is 0. The van der Waals surface area contributed by atoms with Crippen LogP contribution < -0.4 is 4.74 Å². The highest BCUT2D eigenvalue weighted by atomic mass is 16.5. The van der Waals surface area contributed by atoms with Gasteiger partial charge in [0.15, 0.2) is 0 Å². The van der Waals surface area contributed by atoms with Crippen LogP contribution in [0, 0.1) is 0 Å². The number of carbonyl (C=O) groups is 3. The molecule has 2 aromatic carbocycles. The molecule has 0 radical (unpaired) electrons. The lowest BCUT2D eigenvalue weighted by Crippen LogP contribution is -2.43. The van der Waals surface area contributed by atoms with Crippen LogP contribution in [0.15, 0.2) is 48.5 Å². The Morgan fingerprint density at radius 1 is 1.04 bits per heavy atom. The highest BCUT2D eigenvalue weighted by molar-refractivity contribution is 6.22. The summed E-state index contributed by atoms with van der Waals surface area (Å²) < 4.78 is 10.4. The minimum Gasteiger partial charge on any atom is -0.497 e. The molecule has 1 unspecified atom stereocenters. The molecular formula is C19H17NO5. The van der Waals surface area contributed by atoms with E-state index in [0.717, 1.165) is 10.5 Å². The average molecular weight is 339 g/mol. The van der Waals surface area contributed by atoms with E-state index < -0.39 is 23.8 Å². The summed E-state index contributed by atoms with van der Waals surface area (Å²) in [5.74, 6) is -0.947. The van der Waals surface area contributed by atoms with Crippen LogP contribution in [0.1, 0.15) is 33.2 Å². The van der Waals surface area contributed by atoms with Gasteiger partial charge in [0.25, 0.3) is 11.8 Å². The molecular weight excluding hydrogens is 322 g/mol. The predicted molar refractivity (Wildman–Crippen MR) is 89.2 cm³/mol. The van der Waals surface area contributed by atoms with E-state index in [0.29, 0.717) is 16.9 Å². The lowest BCUT2D eigenvalue weighted by molar-refractivity contribution is -0.149. The quantitative estimate of drug-likeness (QED) is 0.618. The third-order valence-electron chi connectivity index (χ3n) is 4.07. The monoisotopic (exact) mass is 339 g/mol. The molecule has 6 heteroatoms. The lowest BCUT2D eigenvalue weighted by atomic mass is 10.1. The van der Waals surface area contributed by atoms with E-state index in [1.165, 1.54) is 6.92 Å². The molecule has 2 aromatic rings. The van der Waals surface area contributed by atoms with E-state index in [1.54, 1.807) is 55.6 Å². The molecule has 1 aliphatic heterocycles. The summed E-state index contributed by atoms with van der Waals surface area (Å²) in [6.07, 6.45) is 0. The Kier molecular flexibility index (Phi) is 4.52. The number of imide groups is 1. The van der Waals surface area contributed by atoms with Gasteiger partial charge >= 0.3 is 5.97 Å². The van der Waals surface area contributed by atoms with Gasteiger partial charge in [0, 0.05) is 0 Å². The van der Waals surface area contributed by atoms with Gasteiger partial charge in [-0.3, -0.25) is 14.5 Å². The van der Waals surface area contributed by atoms with E-state index in [4.69, 9.17) is 9.47 Å². The third-order valence-corrected chi connectivity index (χ3v) is 4.07. The van der Waals surface area contributed by atoms with Crippen LogP contribution in [-0.2, 0) is 16.1 Å². The number of esters is 1. The second-order valence-corrected chi connectivity index (χ2v) is 5.66. The van der Waals surface area contributed by atoms with Crippen LogP contribution >= 0.6 is 0 Å². The zero-order chi connectivity index (χ0) is 18.0. The fraction of sp³-hybridized carbons (Fsp3) is 0.211. The van der Waals surface area contributed by atoms with Gasteiger partial charge in [0.1, 0.15) is 18.4 Å². The minimum absolute atomic E-state index is 0.0313. The molecule has 128 valence electrons. The largest absolute Gasteiger partial charge is 0.497 e. The Bertz CT molecular complexity index is 810. The number of carbonyl (C=O) groups excluding carboxylic acids is 3. The highest BCUT2D eigenvalue weighted by Gasteiger charge is 2.41. The topological polar surface area (TPSA) is 72.9 Å². The Morgan fingerprint density at radius 3 is 2.28 bits per heavy atom. The molecule has 3 rings (SSSR count). The van der Waals surface area contributed by atoms with Crippen molar-refractivity contribution in [2.75, 3.05) is 7.11 Å². The molecule has 6 nitrogen and oxygen atoms in total. The van der Waals surface area contributed by atoms with Crippen molar-refractivity contribution in [3.63, 3.8) is 0 Å². The van der Waals surface area contributed by atoms with Gasteiger partial charge in [-0.05, 0) is 36.8 Å². The normalized spacial score (nSPS) is 14.2. The molecule has 0 saturated heterocycles. The highest BCUT2D eigenvalue weighted by Crippen LogP contribution is 2.25. The molecule has 0 N–H and O–H groups in total. The number of methoxy groups -OCH3 is 1. The van der Waals surface area contributed by atoms with E-state index in [9.17, 15) is 14.4 Å². The smallest absolute Gasteiger partial charge is 0.329 e. The first-order valence-corrected chi connectivity index (χ1v) is 7.79. The fourth-order valence-electron chi connectivity index (χ4n) is 2.70. The Hall–Kier alpha value is -3.15. The predicted octanol–water partition coefficient (Wildman–Crippen LogP) is 2.42. The molecule has 2 amide bonds. The number of ether oxygens (including phenoxy) is 2. The summed E-state index contributed by atoms with van der Waals surface area (Å²) in [4.78, 5) is 38.0. The first-order chi connectivity index (χ1) is 12.0. The minimum atomic E-state index is -1.00. The number of amides is 2. The van der Waals surface area contributed by atoms with Crippen molar-refractivity contribution >= 4 is 17.8 Å². The van der Waals surface area contributed by atoms with Crippen molar-refractivity contribution in [2.45, 2.75) is 19.6 Å². The average Bonchev–Trinajstić information content (AvgIpc) is 2.90. The number of rotatable bonds is 5. The summed E-state index contributed by atoms with van der Waals surface area (Å²) in [6, 6.07) is 12.6. The maximum Gasteiger partial charge on any atom is 0.329 e. The molecule has 0 fully saturated rings. The van der Waals surface area contributed by atoms with Crippen molar-refractivity contribution in [1.82, 2.24) is 4.90 Å². The molecule has 1 heterocycles. The second kappa shape index (κ2) is 6.76. The number of benzene rings is 2. The van der Waals surface area contributed by atoms with Gasteiger partial charge in [-0.2, -0.15) is 0 Å². The van der Waals surface area contributed by atoms with Crippen molar-refractivity contribution in [3.8, 4) is 5.75 Å². The SMILES string of the molecule is COc1cccc(COC(=O)C(C)N2C(=O)c3ccccc3C2=O)c1. The summed E-state index contributed by atoms with van der Waals surface area (Å²) in [7, 11) is 1.55. The van der Waals surface area contributed by atoms with Gasteiger partial charge in [0.05, 0.1) is 18.2 Å². The standard InChI is InChI=1S/C19H17NO5/c1-12(19(23)25-11-13-6-5-7-14(10-13)24-2)20-17(21)15-8-3-4-9-16(15)18(20)22/h3-10,12H,11H2,1-2H3. The van der Waals surface area contributed by atoms with E-state index in [-0.39, 0.29) is 6.61 Å². The van der Waals surface area contributed by atoms with Crippen LogP contribution in [0.4, 0.5) is 0 Å². The maximum absolute atomic E-state index is 12.4. The Morgan fingerprint density at radius 2 is 1.68 bits per heavy atom. The summed E-state index contributed by atoms with van der Waals surface area (Å²) in [5, 5.41) is 0. The Balaban J connectivity index is 1.69.